The highest BCUT2D eigenvalue weighted by atomic mass is 15.1. The number of aromatic nitrogens is 2. The average molecular weight is 402 g/mol. The number of imidazole rings is 1. The fourth-order valence-electron chi connectivity index (χ4n) is 4.31. The topological polar surface area (TPSA) is 8.81 Å². The second-order valence-electron chi connectivity index (χ2n) is 7.85. The maximum Gasteiger partial charge on any atom is 0.294 e. The van der Waals surface area contributed by atoms with Crippen LogP contribution < -0.4 is 4.57 Å². The minimum absolute atomic E-state index is 1.17. The molecule has 0 fully saturated rings. The van der Waals surface area contributed by atoms with Crippen molar-refractivity contribution in [3.63, 3.8) is 0 Å². The molecule has 0 atom stereocenters. The van der Waals surface area contributed by atoms with Crippen molar-refractivity contribution in [2.45, 2.75) is 6.92 Å². The van der Waals surface area contributed by atoms with E-state index in [0.717, 1.165) is 0 Å². The Hall–Kier alpha value is -3.91. The molecular weight excluding hydrogens is 376 g/mol. The molecule has 5 aromatic rings. The van der Waals surface area contributed by atoms with Gasteiger partial charge in [0, 0.05) is 11.1 Å². The van der Waals surface area contributed by atoms with E-state index in [4.69, 9.17) is 0 Å². The molecule has 0 radical (unpaired) electrons. The molecule has 2 heteroatoms. The number of benzene rings is 4. The zero-order valence-electron chi connectivity index (χ0n) is 17.9. The molecule has 0 aliphatic heterocycles. The first-order valence-corrected chi connectivity index (χ1v) is 10.6. The van der Waals surface area contributed by atoms with Gasteiger partial charge in [-0.05, 0) is 29.7 Å². The largest absolute Gasteiger partial charge is 0.294 e. The molecular formula is C29H25N2+. The van der Waals surface area contributed by atoms with Crippen molar-refractivity contribution in [3.8, 4) is 39.3 Å². The summed E-state index contributed by atoms with van der Waals surface area (Å²) in [6, 6.07) is 36.5. The zero-order chi connectivity index (χ0) is 21.2. The van der Waals surface area contributed by atoms with Crippen LogP contribution >= 0.6 is 0 Å². The van der Waals surface area contributed by atoms with Crippen LogP contribution in [0.2, 0.25) is 0 Å². The molecule has 0 unspecified atom stereocenters. The summed E-state index contributed by atoms with van der Waals surface area (Å²) >= 11 is 0. The summed E-state index contributed by atoms with van der Waals surface area (Å²) in [7, 11) is 2.12. The molecule has 0 N–H and O–H groups in total. The molecule has 2 nitrogen and oxygen atoms in total. The molecule has 0 saturated carbocycles. The first-order valence-electron chi connectivity index (χ1n) is 10.6. The van der Waals surface area contributed by atoms with Gasteiger partial charge in [-0.15, -0.1) is 0 Å². The van der Waals surface area contributed by atoms with Gasteiger partial charge in [-0.3, -0.25) is 0 Å². The normalized spacial score (nSPS) is 10.9. The van der Waals surface area contributed by atoms with E-state index in [-0.39, 0.29) is 0 Å². The van der Waals surface area contributed by atoms with Crippen LogP contribution in [0, 0.1) is 6.92 Å². The molecule has 0 aliphatic rings. The molecule has 4 aromatic carbocycles. The van der Waals surface area contributed by atoms with Gasteiger partial charge in [0.05, 0.1) is 12.6 Å². The third kappa shape index (κ3) is 3.47. The van der Waals surface area contributed by atoms with Crippen LogP contribution in [0.1, 0.15) is 5.56 Å². The van der Waals surface area contributed by atoms with Crippen molar-refractivity contribution >= 4 is 0 Å². The molecule has 1 aromatic heterocycles. The van der Waals surface area contributed by atoms with Crippen molar-refractivity contribution in [3.05, 3.63) is 121 Å². The summed E-state index contributed by atoms with van der Waals surface area (Å²) in [6.07, 6.45) is 4.31. The Bertz CT molecular complexity index is 1270. The number of rotatable bonds is 4. The summed E-state index contributed by atoms with van der Waals surface area (Å²) in [5.41, 5.74) is 8.54. The van der Waals surface area contributed by atoms with Crippen LogP contribution in [0.3, 0.4) is 0 Å². The predicted octanol–water partition coefficient (Wildman–Crippen LogP) is 6.61. The van der Waals surface area contributed by atoms with E-state index in [1.165, 1.54) is 44.9 Å². The molecule has 0 bridgehead atoms. The molecule has 5 rings (SSSR count). The highest BCUT2D eigenvalue weighted by Crippen LogP contribution is 2.37. The summed E-state index contributed by atoms with van der Waals surface area (Å²) in [4.78, 5) is 0. The van der Waals surface area contributed by atoms with Crippen molar-refractivity contribution in [2.75, 3.05) is 0 Å². The van der Waals surface area contributed by atoms with E-state index in [1.807, 2.05) is 0 Å². The van der Waals surface area contributed by atoms with Crippen LogP contribution in [0.25, 0.3) is 39.3 Å². The first kappa shape index (κ1) is 19.1. The predicted molar refractivity (Wildman–Crippen MR) is 128 cm³/mol. The monoisotopic (exact) mass is 401 g/mol. The maximum absolute atomic E-state index is 2.34. The van der Waals surface area contributed by atoms with Gasteiger partial charge in [0.25, 0.3) is 5.82 Å². The van der Waals surface area contributed by atoms with Gasteiger partial charge in [-0.25, -0.2) is 4.57 Å². The van der Waals surface area contributed by atoms with Gasteiger partial charge in [0.2, 0.25) is 0 Å². The van der Waals surface area contributed by atoms with Crippen molar-refractivity contribution in [1.29, 1.82) is 0 Å². The highest BCUT2D eigenvalue weighted by molar-refractivity contribution is 5.86. The molecule has 1 heterocycles. The summed E-state index contributed by atoms with van der Waals surface area (Å²) in [6.45, 7) is 2.17. The fourth-order valence-corrected chi connectivity index (χ4v) is 4.31. The Morgan fingerprint density at radius 3 is 1.68 bits per heavy atom. The molecule has 0 spiro atoms. The second-order valence-corrected chi connectivity index (χ2v) is 7.85. The lowest BCUT2D eigenvalue weighted by Gasteiger charge is -2.15. The number of aryl methyl sites for hydroxylation is 2. The molecule has 0 saturated heterocycles. The summed E-state index contributed by atoms with van der Waals surface area (Å²) in [5.74, 6) is 1.17. The van der Waals surface area contributed by atoms with E-state index in [2.05, 4.69) is 139 Å². The smallest absolute Gasteiger partial charge is 0.232 e. The lowest BCUT2D eigenvalue weighted by Crippen LogP contribution is -2.29. The standard InChI is InChI=1S/C29H25N2/c1-22-12-9-10-17-25(22)29-30(2)20-21-31(29)28-26(23-13-5-3-6-14-23)18-11-19-27(28)24-15-7-4-8-16-24/h3-21H,1-2H3/q+1. The van der Waals surface area contributed by atoms with Gasteiger partial charge >= 0.3 is 0 Å². The van der Waals surface area contributed by atoms with E-state index >= 15 is 0 Å². The van der Waals surface area contributed by atoms with Crippen LogP contribution in [-0.4, -0.2) is 4.57 Å². The van der Waals surface area contributed by atoms with E-state index in [9.17, 15) is 0 Å². The number of para-hydroxylation sites is 1. The van der Waals surface area contributed by atoms with Crippen LogP contribution in [0.4, 0.5) is 0 Å². The lowest BCUT2D eigenvalue weighted by molar-refractivity contribution is -0.659. The van der Waals surface area contributed by atoms with Gasteiger partial charge in [-0.2, -0.15) is 4.57 Å². The van der Waals surface area contributed by atoms with Gasteiger partial charge in [0.1, 0.15) is 18.1 Å². The lowest BCUT2D eigenvalue weighted by atomic mass is 9.95. The van der Waals surface area contributed by atoms with Gasteiger partial charge < -0.3 is 0 Å². The molecule has 0 amide bonds. The Balaban J connectivity index is 1.86. The highest BCUT2D eigenvalue weighted by Gasteiger charge is 2.25. The Labute approximate surface area is 183 Å². The molecule has 150 valence electrons. The third-order valence-corrected chi connectivity index (χ3v) is 5.83. The average Bonchev–Trinajstić information content (AvgIpc) is 3.21. The summed E-state index contributed by atoms with van der Waals surface area (Å²) in [5, 5.41) is 0. The molecule has 31 heavy (non-hydrogen) atoms. The van der Waals surface area contributed by atoms with Gasteiger partial charge in [0.15, 0.2) is 0 Å². The Morgan fingerprint density at radius 1 is 0.581 bits per heavy atom. The quantitative estimate of drug-likeness (QED) is 0.300. The molecule has 0 aliphatic carbocycles. The number of nitrogens with zero attached hydrogens (tertiary/aromatic N) is 2. The SMILES string of the molecule is Cc1ccccc1-c1n(-c2c(-c3ccccc3)cccc2-c2ccccc2)cc[n+]1C. The van der Waals surface area contributed by atoms with Crippen molar-refractivity contribution < 1.29 is 4.57 Å². The number of hydrogen-bond acceptors (Lipinski definition) is 0. The number of hydrogen-bond donors (Lipinski definition) is 0. The Kier molecular flexibility index (Phi) is 4.97. The minimum atomic E-state index is 1.17. The van der Waals surface area contributed by atoms with Gasteiger partial charge in [-0.1, -0.05) is 97.1 Å². The van der Waals surface area contributed by atoms with Crippen LogP contribution in [-0.2, 0) is 7.05 Å². The first-order chi connectivity index (χ1) is 15.2. The van der Waals surface area contributed by atoms with E-state index in [0.29, 0.717) is 0 Å². The zero-order valence-corrected chi connectivity index (χ0v) is 17.9. The van der Waals surface area contributed by atoms with Crippen molar-refractivity contribution in [2.24, 2.45) is 7.05 Å². The van der Waals surface area contributed by atoms with E-state index < -0.39 is 0 Å². The summed E-state index contributed by atoms with van der Waals surface area (Å²) < 4.78 is 4.55. The van der Waals surface area contributed by atoms with Crippen LogP contribution in [0.5, 0.6) is 0 Å². The minimum Gasteiger partial charge on any atom is -0.232 e. The fraction of sp³-hybridized carbons (Fsp3) is 0.0690. The van der Waals surface area contributed by atoms with Crippen molar-refractivity contribution in [1.82, 2.24) is 4.57 Å². The third-order valence-electron chi connectivity index (χ3n) is 5.83. The van der Waals surface area contributed by atoms with E-state index in [1.54, 1.807) is 0 Å². The second kappa shape index (κ2) is 8.08. The maximum atomic E-state index is 2.34. The Morgan fingerprint density at radius 2 is 1.10 bits per heavy atom. The van der Waals surface area contributed by atoms with Crippen LogP contribution in [0.15, 0.2) is 116 Å².